The second kappa shape index (κ2) is 6.58. The van der Waals surface area contributed by atoms with Crippen LogP contribution < -0.4 is 0 Å². The van der Waals surface area contributed by atoms with Gasteiger partial charge in [-0.1, -0.05) is 65.8 Å². The topological polar surface area (TPSA) is 46.3 Å². The molecular formula is C19H19NO2. The van der Waals surface area contributed by atoms with Crippen LogP contribution in [0.25, 0.3) is 0 Å². The minimum Gasteiger partial charge on any atom is -0.388 e. The normalized spacial score (nSPS) is 13.7. The van der Waals surface area contributed by atoms with Crippen molar-refractivity contribution in [3.05, 3.63) is 89.3 Å². The highest BCUT2D eigenvalue weighted by Crippen LogP contribution is 2.34. The van der Waals surface area contributed by atoms with Gasteiger partial charge in [0.15, 0.2) is 0 Å². The van der Waals surface area contributed by atoms with Crippen LogP contribution in [-0.4, -0.2) is 10.3 Å². The Labute approximate surface area is 130 Å². The predicted molar refractivity (Wildman–Crippen MR) is 85.5 cm³/mol. The van der Waals surface area contributed by atoms with Gasteiger partial charge >= 0.3 is 0 Å². The molecule has 1 aromatic heterocycles. The first-order chi connectivity index (χ1) is 10.7. The van der Waals surface area contributed by atoms with Gasteiger partial charge in [-0.2, -0.15) is 0 Å². The van der Waals surface area contributed by atoms with E-state index in [4.69, 9.17) is 4.52 Å². The van der Waals surface area contributed by atoms with Gasteiger partial charge in [-0.15, -0.1) is 0 Å². The Hall–Kier alpha value is -2.39. The third-order valence-corrected chi connectivity index (χ3v) is 3.83. The number of nitrogens with zero attached hydrogens (tertiary/aromatic N) is 1. The lowest BCUT2D eigenvalue weighted by atomic mass is 9.88. The summed E-state index contributed by atoms with van der Waals surface area (Å²) in [7, 11) is 0. The zero-order valence-corrected chi connectivity index (χ0v) is 12.5. The molecule has 3 heteroatoms. The van der Waals surface area contributed by atoms with Crippen molar-refractivity contribution in [2.24, 2.45) is 0 Å². The molecule has 0 bridgehead atoms. The molecule has 112 valence electrons. The van der Waals surface area contributed by atoms with E-state index in [1.807, 2.05) is 61.5 Å². The van der Waals surface area contributed by atoms with E-state index in [1.165, 1.54) is 0 Å². The highest BCUT2D eigenvalue weighted by molar-refractivity contribution is 5.26. The van der Waals surface area contributed by atoms with Crippen molar-refractivity contribution in [1.29, 1.82) is 0 Å². The van der Waals surface area contributed by atoms with Crippen molar-refractivity contribution < 1.29 is 9.63 Å². The van der Waals surface area contributed by atoms with Crippen LogP contribution in [0.15, 0.2) is 71.3 Å². The molecule has 3 rings (SSSR count). The number of aliphatic hydroxyl groups is 1. The van der Waals surface area contributed by atoms with E-state index < -0.39 is 6.10 Å². The van der Waals surface area contributed by atoms with Gasteiger partial charge < -0.3 is 9.63 Å². The largest absolute Gasteiger partial charge is 0.388 e. The average Bonchev–Trinajstić information content (AvgIpc) is 3.00. The summed E-state index contributed by atoms with van der Waals surface area (Å²) in [5.74, 6) is 0.559. The van der Waals surface area contributed by atoms with Crippen molar-refractivity contribution in [3.8, 4) is 0 Å². The lowest BCUT2D eigenvalue weighted by Crippen LogP contribution is -2.13. The molecule has 0 radical (unpaired) electrons. The van der Waals surface area contributed by atoms with E-state index in [9.17, 15) is 5.11 Å². The number of aliphatic hydroxyl groups excluding tert-OH is 1. The number of benzene rings is 2. The molecule has 2 aromatic carbocycles. The Bertz CT molecular complexity index is 707. The van der Waals surface area contributed by atoms with Crippen LogP contribution in [0.4, 0.5) is 0 Å². The van der Waals surface area contributed by atoms with Gasteiger partial charge in [0.05, 0.1) is 17.7 Å². The van der Waals surface area contributed by atoms with E-state index in [0.717, 1.165) is 22.6 Å². The zero-order valence-electron chi connectivity index (χ0n) is 12.5. The maximum absolute atomic E-state index is 10.8. The maximum atomic E-state index is 10.8. The molecule has 0 fully saturated rings. The van der Waals surface area contributed by atoms with E-state index in [0.29, 0.717) is 6.42 Å². The summed E-state index contributed by atoms with van der Waals surface area (Å²) in [5.41, 5.74) is 2.88. The molecule has 1 N–H and O–H groups in total. The van der Waals surface area contributed by atoms with Crippen LogP contribution >= 0.6 is 0 Å². The summed E-state index contributed by atoms with van der Waals surface area (Å²) in [5, 5.41) is 14.8. The van der Waals surface area contributed by atoms with Gasteiger partial charge in [-0.05, 0) is 24.5 Å². The van der Waals surface area contributed by atoms with E-state index in [-0.39, 0.29) is 5.92 Å². The first kappa shape index (κ1) is 14.5. The first-order valence-corrected chi connectivity index (χ1v) is 7.44. The molecule has 2 atom stereocenters. The van der Waals surface area contributed by atoms with Crippen LogP contribution in [-0.2, 0) is 6.42 Å². The summed E-state index contributed by atoms with van der Waals surface area (Å²) < 4.78 is 5.43. The highest BCUT2D eigenvalue weighted by atomic mass is 16.5. The van der Waals surface area contributed by atoms with Crippen molar-refractivity contribution in [1.82, 2.24) is 5.16 Å². The second-order valence-corrected chi connectivity index (χ2v) is 5.52. The standard InChI is InChI=1S/C19H19NO2/c1-14-12-18(22-20-14)17(13-15-8-4-2-5-9-15)19(21)16-10-6-3-7-11-16/h2-12,17,19,21H,13H2,1H3. The third kappa shape index (κ3) is 3.26. The molecule has 3 nitrogen and oxygen atoms in total. The SMILES string of the molecule is Cc1cc(C(Cc2ccccc2)C(O)c2ccccc2)on1. The molecule has 3 aromatic rings. The van der Waals surface area contributed by atoms with Crippen molar-refractivity contribution in [2.75, 3.05) is 0 Å². The van der Waals surface area contributed by atoms with Crippen LogP contribution in [0.1, 0.15) is 34.6 Å². The number of hydrogen-bond donors (Lipinski definition) is 1. The molecule has 0 amide bonds. The van der Waals surface area contributed by atoms with Gasteiger partial charge in [0.1, 0.15) is 5.76 Å². The lowest BCUT2D eigenvalue weighted by molar-refractivity contribution is 0.129. The first-order valence-electron chi connectivity index (χ1n) is 7.44. The molecule has 0 spiro atoms. The smallest absolute Gasteiger partial charge is 0.143 e. The molecule has 22 heavy (non-hydrogen) atoms. The Morgan fingerprint density at radius 1 is 1.00 bits per heavy atom. The summed E-state index contributed by atoms with van der Waals surface area (Å²) in [6.45, 7) is 1.89. The van der Waals surface area contributed by atoms with Crippen molar-refractivity contribution in [3.63, 3.8) is 0 Å². The molecule has 0 aliphatic carbocycles. The average molecular weight is 293 g/mol. The summed E-state index contributed by atoms with van der Waals surface area (Å²) >= 11 is 0. The fraction of sp³-hybridized carbons (Fsp3) is 0.211. The molecule has 0 aliphatic heterocycles. The van der Waals surface area contributed by atoms with Crippen LogP contribution in [0.5, 0.6) is 0 Å². The Balaban J connectivity index is 1.92. The van der Waals surface area contributed by atoms with Gasteiger partial charge in [0, 0.05) is 6.07 Å². The van der Waals surface area contributed by atoms with Crippen LogP contribution in [0.3, 0.4) is 0 Å². The minimum atomic E-state index is -0.631. The number of hydrogen-bond acceptors (Lipinski definition) is 3. The molecule has 1 heterocycles. The zero-order chi connectivity index (χ0) is 15.4. The van der Waals surface area contributed by atoms with E-state index >= 15 is 0 Å². The molecule has 2 unspecified atom stereocenters. The Kier molecular flexibility index (Phi) is 4.35. The predicted octanol–water partition coefficient (Wildman–Crippen LogP) is 4.04. The monoisotopic (exact) mass is 293 g/mol. The Morgan fingerprint density at radius 3 is 2.23 bits per heavy atom. The van der Waals surface area contributed by atoms with Gasteiger partial charge in [-0.25, -0.2) is 0 Å². The highest BCUT2D eigenvalue weighted by Gasteiger charge is 2.26. The summed E-state index contributed by atoms with van der Waals surface area (Å²) in [6, 6.07) is 21.7. The van der Waals surface area contributed by atoms with Gasteiger partial charge in [0.25, 0.3) is 0 Å². The summed E-state index contributed by atoms with van der Waals surface area (Å²) in [4.78, 5) is 0. The fourth-order valence-corrected chi connectivity index (χ4v) is 2.68. The lowest BCUT2D eigenvalue weighted by Gasteiger charge is -2.21. The second-order valence-electron chi connectivity index (χ2n) is 5.52. The van der Waals surface area contributed by atoms with Crippen molar-refractivity contribution in [2.45, 2.75) is 25.4 Å². The van der Waals surface area contributed by atoms with Crippen LogP contribution in [0.2, 0.25) is 0 Å². The van der Waals surface area contributed by atoms with Gasteiger partial charge in [0.2, 0.25) is 0 Å². The molecule has 0 saturated heterocycles. The number of aryl methyl sites for hydroxylation is 1. The van der Waals surface area contributed by atoms with E-state index in [2.05, 4.69) is 17.3 Å². The third-order valence-electron chi connectivity index (χ3n) is 3.83. The molecule has 0 aliphatic rings. The number of aromatic nitrogens is 1. The van der Waals surface area contributed by atoms with E-state index in [1.54, 1.807) is 0 Å². The summed E-state index contributed by atoms with van der Waals surface area (Å²) in [6.07, 6.45) is 0.0692. The van der Waals surface area contributed by atoms with Crippen LogP contribution in [0, 0.1) is 6.92 Å². The Morgan fingerprint density at radius 2 is 1.64 bits per heavy atom. The van der Waals surface area contributed by atoms with Crippen molar-refractivity contribution >= 4 is 0 Å². The number of rotatable bonds is 5. The fourth-order valence-electron chi connectivity index (χ4n) is 2.68. The maximum Gasteiger partial charge on any atom is 0.143 e. The quantitative estimate of drug-likeness (QED) is 0.772. The molecule has 0 saturated carbocycles. The van der Waals surface area contributed by atoms with Gasteiger partial charge in [-0.3, -0.25) is 0 Å². The minimum absolute atomic E-state index is 0.161. The molecular weight excluding hydrogens is 274 g/mol.